The lowest BCUT2D eigenvalue weighted by atomic mass is 9.92. The standard InChI is InChI=1S/C25H35N3O/c1-18(2)21-10-8-11-22(19(3)4)25(21)26-24(29)17-27-13-15-28(16-14-27)23-12-7-6-9-20(23)5/h6-12,18-19H,13-17H2,1-5H3,(H,26,29). The van der Waals surface area contributed by atoms with E-state index in [0.29, 0.717) is 18.4 Å². The van der Waals surface area contributed by atoms with E-state index in [4.69, 9.17) is 0 Å². The van der Waals surface area contributed by atoms with Crippen LogP contribution in [-0.2, 0) is 4.79 Å². The van der Waals surface area contributed by atoms with Crippen molar-refractivity contribution in [3.05, 3.63) is 59.2 Å². The number of hydrogen-bond donors (Lipinski definition) is 1. The van der Waals surface area contributed by atoms with E-state index in [0.717, 1.165) is 31.9 Å². The molecule has 3 rings (SSSR count). The van der Waals surface area contributed by atoms with Crippen LogP contribution >= 0.6 is 0 Å². The number of rotatable bonds is 6. The van der Waals surface area contributed by atoms with Crippen molar-refractivity contribution >= 4 is 17.3 Å². The average Bonchev–Trinajstić information content (AvgIpc) is 2.69. The third-order valence-corrected chi connectivity index (χ3v) is 5.83. The first kappa shape index (κ1) is 21.4. The highest BCUT2D eigenvalue weighted by Crippen LogP contribution is 2.32. The second kappa shape index (κ2) is 9.45. The quantitative estimate of drug-likeness (QED) is 0.750. The van der Waals surface area contributed by atoms with Crippen molar-refractivity contribution in [1.29, 1.82) is 0 Å². The summed E-state index contributed by atoms with van der Waals surface area (Å²) in [6.45, 7) is 15.1. The van der Waals surface area contributed by atoms with E-state index in [1.165, 1.54) is 22.4 Å². The zero-order chi connectivity index (χ0) is 21.0. The molecule has 1 N–H and O–H groups in total. The van der Waals surface area contributed by atoms with E-state index in [2.05, 4.69) is 92.2 Å². The Morgan fingerprint density at radius 2 is 1.48 bits per heavy atom. The van der Waals surface area contributed by atoms with Crippen LogP contribution in [0.1, 0.15) is 56.2 Å². The summed E-state index contributed by atoms with van der Waals surface area (Å²) >= 11 is 0. The maximum atomic E-state index is 12.9. The summed E-state index contributed by atoms with van der Waals surface area (Å²) in [6.07, 6.45) is 0. The largest absolute Gasteiger partial charge is 0.369 e. The highest BCUT2D eigenvalue weighted by atomic mass is 16.2. The normalized spacial score (nSPS) is 15.2. The number of amides is 1. The van der Waals surface area contributed by atoms with Gasteiger partial charge in [-0.05, 0) is 41.5 Å². The first-order chi connectivity index (χ1) is 13.9. The van der Waals surface area contributed by atoms with Gasteiger partial charge < -0.3 is 10.2 Å². The Morgan fingerprint density at radius 3 is 2.03 bits per heavy atom. The number of aryl methyl sites for hydroxylation is 1. The molecule has 2 aromatic rings. The Kier molecular flexibility index (Phi) is 6.96. The lowest BCUT2D eigenvalue weighted by Crippen LogP contribution is -2.48. The summed E-state index contributed by atoms with van der Waals surface area (Å²) in [7, 11) is 0. The van der Waals surface area contributed by atoms with Crippen molar-refractivity contribution in [1.82, 2.24) is 4.90 Å². The predicted octanol–water partition coefficient (Wildman–Crippen LogP) is 5.00. The van der Waals surface area contributed by atoms with Crippen LogP contribution in [0.25, 0.3) is 0 Å². The van der Waals surface area contributed by atoms with Gasteiger partial charge in [0.2, 0.25) is 5.91 Å². The SMILES string of the molecule is Cc1ccccc1N1CCN(CC(=O)Nc2c(C(C)C)cccc2C(C)C)CC1. The molecule has 0 radical (unpaired) electrons. The van der Waals surface area contributed by atoms with Crippen molar-refractivity contribution < 1.29 is 4.79 Å². The number of piperazine rings is 1. The average molecular weight is 394 g/mol. The number of carbonyl (C=O) groups excluding carboxylic acids is 1. The Balaban J connectivity index is 1.62. The summed E-state index contributed by atoms with van der Waals surface area (Å²) in [5, 5.41) is 3.25. The molecule has 1 fully saturated rings. The Hall–Kier alpha value is -2.33. The molecule has 0 aliphatic carbocycles. The van der Waals surface area contributed by atoms with E-state index in [-0.39, 0.29) is 5.91 Å². The second-order valence-electron chi connectivity index (χ2n) is 8.72. The fraction of sp³-hybridized carbons (Fsp3) is 0.480. The number of para-hydroxylation sites is 2. The number of anilines is 2. The molecule has 0 atom stereocenters. The zero-order valence-electron chi connectivity index (χ0n) is 18.5. The minimum atomic E-state index is 0.0874. The van der Waals surface area contributed by atoms with Crippen molar-refractivity contribution in [2.75, 3.05) is 42.9 Å². The molecule has 1 heterocycles. The summed E-state index contributed by atoms with van der Waals surface area (Å²) in [6, 6.07) is 14.9. The lowest BCUT2D eigenvalue weighted by Gasteiger charge is -2.36. The van der Waals surface area contributed by atoms with Gasteiger partial charge >= 0.3 is 0 Å². The summed E-state index contributed by atoms with van der Waals surface area (Å²) in [5.41, 5.74) is 6.07. The van der Waals surface area contributed by atoms with Crippen LogP contribution < -0.4 is 10.2 Å². The molecule has 156 valence electrons. The van der Waals surface area contributed by atoms with Gasteiger partial charge in [0.25, 0.3) is 0 Å². The van der Waals surface area contributed by atoms with Crippen molar-refractivity contribution in [2.45, 2.75) is 46.5 Å². The lowest BCUT2D eigenvalue weighted by molar-refractivity contribution is -0.117. The third kappa shape index (κ3) is 5.18. The summed E-state index contributed by atoms with van der Waals surface area (Å²) in [5.74, 6) is 0.840. The second-order valence-corrected chi connectivity index (χ2v) is 8.72. The molecule has 1 aliphatic rings. The third-order valence-electron chi connectivity index (χ3n) is 5.83. The van der Waals surface area contributed by atoms with Gasteiger partial charge in [-0.1, -0.05) is 64.1 Å². The molecule has 0 spiro atoms. The van der Waals surface area contributed by atoms with Crippen molar-refractivity contribution in [3.63, 3.8) is 0 Å². The molecular formula is C25H35N3O. The monoisotopic (exact) mass is 393 g/mol. The van der Waals surface area contributed by atoms with Gasteiger partial charge in [0, 0.05) is 37.6 Å². The van der Waals surface area contributed by atoms with E-state index in [1.807, 2.05) is 0 Å². The van der Waals surface area contributed by atoms with E-state index < -0.39 is 0 Å². The van der Waals surface area contributed by atoms with Crippen LogP contribution in [0.2, 0.25) is 0 Å². The first-order valence-corrected chi connectivity index (χ1v) is 10.8. The molecule has 0 saturated carbocycles. The van der Waals surface area contributed by atoms with Crippen molar-refractivity contribution in [3.8, 4) is 0 Å². The first-order valence-electron chi connectivity index (χ1n) is 10.8. The highest BCUT2D eigenvalue weighted by molar-refractivity contribution is 5.94. The number of benzene rings is 2. The minimum absolute atomic E-state index is 0.0874. The fourth-order valence-corrected chi connectivity index (χ4v) is 4.14. The Morgan fingerprint density at radius 1 is 0.897 bits per heavy atom. The van der Waals surface area contributed by atoms with E-state index >= 15 is 0 Å². The highest BCUT2D eigenvalue weighted by Gasteiger charge is 2.21. The van der Waals surface area contributed by atoms with Crippen LogP contribution in [0.3, 0.4) is 0 Å². The van der Waals surface area contributed by atoms with Gasteiger partial charge in [0.05, 0.1) is 6.54 Å². The number of nitrogens with one attached hydrogen (secondary N) is 1. The molecule has 0 unspecified atom stereocenters. The molecule has 2 aromatic carbocycles. The van der Waals surface area contributed by atoms with Crippen LogP contribution in [-0.4, -0.2) is 43.5 Å². The van der Waals surface area contributed by atoms with Gasteiger partial charge in [-0.15, -0.1) is 0 Å². The molecule has 29 heavy (non-hydrogen) atoms. The molecule has 1 amide bonds. The molecule has 0 aromatic heterocycles. The van der Waals surface area contributed by atoms with Crippen molar-refractivity contribution in [2.24, 2.45) is 0 Å². The van der Waals surface area contributed by atoms with Crippen LogP contribution in [0.4, 0.5) is 11.4 Å². The van der Waals surface area contributed by atoms with Gasteiger partial charge in [-0.25, -0.2) is 0 Å². The summed E-state index contributed by atoms with van der Waals surface area (Å²) < 4.78 is 0. The number of hydrogen-bond acceptors (Lipinski definition) is 3. The van der Waals surface area contributed by atoms with Gasteiger partial charge in [-0.2, -0.15) is 0 Å². The molecular weight excluding hydrogens is 358 g/mol. The van der Waals surface area contributed by atoms with Crippen LogP contribution in [0.15, 0.2) is 42.5 Å². The van der Waals surface area contributed by atoms with Crippen LogP contribution in [0, 0.1) is 6.92 Å². The molecule has 1 aliphatic heterocycles. The van der Waals surface area contributed by atoms with Crippen LogP contribution in [0.5, 0.6) is 0 Å². The van der Waals surface area contributed by atoms with E-state index in [1.54, 1.807) is 0 Å². The number of carbonyl (C=O) groups is 1. The van der Waals surface area contributed by atoms with Gasteiger partial charge in [0.15, 0.2) is 0 Å². The molecule has 1 saturated heterocycles. The topological polar surface area (TPSA) is 35.6 Å². The molecule has 4 heteroatoms. The Labute approximate surface area is 175 Å². The van der Waals surface area contributed by atoms with Gasteiger partial charge in [0.1, 0.15) is 0 Å². The fourth-order valence-electron chi connectivity index (χ4n) is 4.14. The Bertz CT molecular complexity index is 809. The van der Waals surface area contributed by atoms with Gasteiger partial charge in [-0.3, -0.25) is 9.69 Å². The molecule has 0 bridgehead atoms. The maximum absolute atomic E-state index is 12.9. The minimum Gasteiger partial charge on any atom is -0.369 e. The molecule has 4 nitrogen and oxygen atoms in total. The number of nitrogens with zero attached hydrogens (tertiary/aromatic N) is 2. The maximum Gasteiger partial charge on any atom is 0.238 e. The summed E-state index contributed by atoms with van der Waals surface area (Å²) in [4.78, 5) is 17.6. The predicted molar refractivity (Wildman–Crippen MR) is 123 cm³/mol. The smallest absolute Gasteiger partial charge is 0.238 e. The van der Waals surface area contributed by atoms with E-state index in [9.17, 15) is 4.79 Å². The zero-order valence-corrected chi connectivity index (χ0v) is 18.5.